The molecule has 0 unspecified atom stereocenters. The number of ketones is 1. The molecule has 0 N–H and O–H groups in total. The predicted molar refractivity (Wildman–Crippen MR) is 92.7 cm³/mol. The fraction of sp³-hybridized carbons (Fsp3) is 0.318. The third kappa shape index (κ3) is 1.33. The molecule has 0 bridgehead atoms. The van der Waals surface area contributed by atoms with Crippen molar-refractivity contribution in [2.24, 2.45) is 10.8 Å². The molecule has 1 heteroatoms. The maximum atomic E-state index is 12.5. The van der Waals surface area contributed by atoms with Crippen molar-refractivity contribution in [3.63, 3.8) is 0 Å². The fourth-order valence-corrected chi connectivity index (χ4v) is 5.24. The van der Waals surface area contributed by atoms with E-state index in [2.05, 4.69) is 62.5 Å². The highest BCUT2D eigenvalue weighted by Gasteiger charge is 2.57. The standard InChI is InChI=1S/C22H20O/c1-21-14-5-3-6-15(21)11-12-19-17-7-4-8-20(23)18(17)13-16(10-9-14)22(19,21)2/h3,5-6,9-13H,4,7-8H2,1-2H3/t21-,22-/m0/s1. The summed E-state index contributed by atoms with van der Waals surface area (Å²) < 4.78 is 0. The van der Waals surface area contributed by atoms with Gasteiger partial charge in [0.05, 0.1) is 0 Å². The molecule has 0 radical (unpaired) electrons. The van der Waals surface area contributed by atoms with E-state index in [4.69, 9.17) is 0 Å². The summed E-state index contributed by atoms with van der Waals surface area (Å²) >= 11 is 0. The molecule has 114 valence electrons. The van der Waals surface area contributed by atoms with E-state index in [9.17, 15) is 4.79 Å². The molecule has 0 aromatic rings. The van der Waals surface area contributed by atoms with E-state index in [0.717, 1.165) is 18.4 Å². The number of Topliss-reactive ketones (excluding diaryl/α,β-unsaturated/α-hetero) is 1. The summed E-state index contributed by atoms with van der Waals surface area (Å²) in [6, 6.07) is 0. The molecule has 23 heavy (non-hydrogen) atoms. The van der Waals surface area contributed by atoms with E-state index < -0.39 is 0 Å². The van der Waals surface area contributed by atoms with E-state index in [-0.39, 0.29) is 10.8 Å². The first-order valence-electron chi connectivity index (χ1n) is 8.55. The van der Waals surface area contributed by atoms with Gasteiger partial charge in [-0.05, 0) is 46.8 Å². The first-order chi connectivity index (χ1) is 11.1. The van der Waals surface area contributed by atoms with Crippen LogP contribution in [-0.4, -0.2) is 5.78 Å². The fourth-order valence-electron chi connectivity index (χ4n) is 5.24. The van der Waals surface area contributed by atoms with Crippen molar-refractivity contribution >= 4 is 5.78 Å². The monoisotopic (exact) mass is 300 g/mol. The SMILES string of the molecule is C[C@@]12C3=CC=CC1=CC=C1C=C4C(=O)CCCC4=C(C=C3)[C@]12C. The van der Waals surface area contributed by atoms with Crippen LogP contribution in [0.4, 0.5) is 0 Å². The van der Waals surface area contributed by atoms with Crippen molar-refractivity contribution in [3.05, 3.63) is 82.0 Å². The molecule has 0 spiro atoms. The van der Waals surface area contributed by atoms with Crippen LogP contribution in [0.25, 0.3) is 0 Å². The summed E-state index contributed by atoms with van der Waals surface area (Å²) in [5.41, 5.74) is 7.58. The number of hydrogen-bond acceptors (Lipinski definition) is 1. The minimum Gasteiger partial charge on any atom is -0.294 e. The first kappa shape index (κ1) is 13.3. The second-order valence-corrected chi connectivity index (χ2v) is 7.54. The van der Waals surface area contributed by atoms with Gasteiger partial charge in [-0.1, -0.05) is 56.4 Å². The number of carbonyl (C=O) groups is 1. The Morgan fingerprint density at radius 2 is 1.65 bits per heavy atom. The van der Waals surface area contributed by atoms with Gasteiger partial charge < -0.3 is 0 Å². The Morgan fingerprint density at radius 1 is 0.870 bits per heavy atom. The molecule has 0 aliphatic heterocycles. The van der Waals surface area contributed by atoms with E-state index in [1.54, 1.807) is 0 Å². The van der Waals surface area contributed by atoms with Gasteiger partial charge in [-0.3, -0.25) is 4.79 Å². The number of allylic oxidation sites excluding steroid dienone is 14. The lowest BCUT2D eigenvalue weighted by molar-refractivity contribution is -0.115. The third-order valence-corrected chi connectivity index (χ3v) is 6.78. The lowest BCUT2D eigenvalue weighted by Crippen LogP contribution is -2.48. The van der Waals surface area contributed by atoms with Crippen molar-refractivity contribution < 1.29 is 4.79 Å². The van der Waals surface area contributed by atoms with Gasteiger partial charge in [0.1, 0.15) is 0 Å². The average Bonchev–Trinajstić information content (AvgIpc) is 2.53. The second-order valence-electron chi connectivity index (χ2n) is 7.54. The smallest absolute Gasteiger partial charge is 0.163 e. The van der Waals surface area contributed by atoms with Gasteiger partial charge in [-0.25, -0.2) is 0 Å². The molecule has 1 saturated carbocycles. The van der Waals surface area contributed by atoms with Crippen LogP contribution in [0.15, 0.2) is 82.0 Å². The highest BCUT2D eigenvalue weighted by molar-refractivity contribution is 6.02. The number of rotatable bonds is 0. The maximum absolute atomic E-state index is 12.5. The lowest BCUT2D eigenvalue weighted by atomic mass is 9.45. The van der Waals surface area contributed by atoms with Crippen LogP contribution in [0.3, 0.4) is 0 Å². The summed E-state index contributed by atoms with van der Waals surface area (Å²) in [7, 11) is 0. The predicted octanol–water partition coefficient (Wildman–Crippen LogP) is 4.92. The summed E-state index contributed by atoms with van der Waals surface area (Å²) in [5.74, 6) is 0.319. The number of hydrogen-bond donors (Lipinski definition) is 0. The molecule has 2 atom stereocenters. The van der Waals surface area contributed by atoms with Crippen LogP contribution >= 0.6 is 0 Å². The molecule has 0 heterocycles. The van der Waals surface area contributed by atoms with Gasteiger partial charge in [0, 0.05) is 22.8 Å². The Kier molecular flexibility index (Phi) is 2.33. The largest absolute Gasteiger partial charge is 0.294 e. The van der Waals surface area contributed by atoms with Crippen molar-refractivity contribution in [3.8, 4) is 0 Å². The van der Waals surface area contributed by atoms with Gasteiger partial charge in [0.15, 0.2) is 5.78 Å². The van der Waals surface area contributed by atoms with Crippen molar-refractivity contribution in [1.29, 1.82) is 0 Å². The van der Waals surface area contributed by atoms with Gasteiger partial charge in [0.25, 0.3) is 0 Å². The number of fused-ring (bicyclic) bond motifs is 1. The first-order valence-corrected chi connectivity index (χ1v) is 8.55. The van der Waals surface area contributed by atoms with Crippen molar-refractivity contribution in [1.82, 2.24) is 0 Å². The zero-order chi connectivity index (χ0) is 15.8. The summed E-state index contributed by atoms with van der Waals surface area (Å²) in [6.45, 7) is 4.74. The van der Waals surface area contributed by atoms with Gasteiger partial charge >= 0.3 is 0 Å². The second kappa shape index (κ2) is 4.03. The zero-order valence-corrected chi connectivity index (χ0v) is 13.6. The average molecular weight is 300 g/mol. The van der Waals surface area contributed by atoms with E-state index in [0.29, 0.717) is 12.2 Å². The Morgan fingerprint density at radius 3 is 2.52 bits per heavy atom. The summed E-state index contributed by atoms with van der Waals surface area (Å²) in [6.07, 6.45) is 20.6. The molecule has 5 rings (SSSR count). The van der Waals surface area contributed by atoms with Gasteiger partial charge in [-0.15, -0.1) is 0 Å². The lowest BCUT2D eigenvalue weighted by Gasteiger charge is -2.57. The summed E-state index contributed by atoms with van der Waals surface area (Å²) in [5, 5.41) is 0. The van der Waals surface area contributed by atoms with E-state index >= 15 is 0 Å². The molecule has 1 nitrogen and oxygen atoms in total. The van der Waals surface area contributed by atoms with Crippen LogP contribution in [0.5, 0.6) is 0 Å². The Balaban J connectivity index is 1.90. The maximum Gasteiger partial charge on any atom is 0.163 e. The molecule has 5 aliphatic carbocycles. The highest BCUT2D eigenvalue weighted by Crippen LogP contribution is 2.66. The normalized spacial score (nSPS) is 36.7. The van der Waals surface area contributed by atoms with Crippen LogP contribution in [0.2, 0.25) is 0 Å². The van der Waals surface area contributed by atoms with Gasteiger partial charge in [0.2, 0.25) is 0 Å². The molecule has 0 aromatic heterocycles. The summed E-state index contributed by atoms with van der Waals surface area (Å²) in [4.78, 5) is 12.5. The molecular weight excluding hydrogens is 280 g/mol. The van der Waals surface area contributed by atoms with Crippen molar-refractivity contribution in [2.45, 2.75) is 33.1 Å². The zero-order valence-electron chi connectivity index (χ0n) is 13.6. The van der Waals surface area contributed by atoms with Crippen molar-refractivity contribution in [2.75, 3.05) is 0 Å². The molecule has 0 amide bonds. The molecule has 0 saturated heterocycles. The van der Waals surface area contributed by atoms with E-state index in [1.807, 2.05) is 0 Å². The minimum absolute atomic E-state index is 0.0363. The minimum atomic E-state index is -0.0706. The van der Waals surface area contributed by atoms with Crippen LogP contribution < -0.4 is 0 Å². The Bertz CT molecular complexity index is 881. The topological polar surface area (TPSA) is 17.1 Å². The highest BCUT2D eigenvalue weighted by atomic mass is 16.1. The molecular formula is C22H20O. The Labute approximate surface area is 137 Å². The van der Waals surface area contributed by atoms with Crippen LogP contribution in [-0.2, 0) is 4.79 Å². The number of carbonyl (C=O) groups excluding carboxylic acids is 1. The molecule has 0 aromatic carbocycles. The van der Waals surface area contributed by atoms with Gasteiger partial charge in [-0.2, -0.15) is 0 Å². The Hall–Kier alpha value is -2.15. The van der Waals surface area contributed by atoms with Crippen LogP contribution in [0, 0.1) is 10.8 Å². The molecule has 1 fully saturated rings. The third-order valence-electron chi connectivity index (χ3n) is 6.78. The molecule has 5 aliphatic rings. The van der Waals surface area contributed by atoms with Crippen LogP contribution in [0.1, 0.15) is 33.1 Å². The van der Waals surface area contributed by atoms with E-state index in [1.165, 1.54) is 27.9 Å². The quantitative estimate of drug-likeness (QED) is 0.620.